The first-order chi connectivity index (χ1) is 13.8. The third kappa shape index (κ3) is 3.15. The van der Waals surface area contributed by atoms with Gasteiger partial charge in [-0.15, -0.1) is 0 Å². The van der Waals surface area contributed by atoms with Crippen LogP contribution in [0.4, 0.5) is 0 Å². The van der Waals surface area contributed by atoms with Gasteiger partial charge in [-0.2, -0.15) is 4.98 Å². The van der Waals surface area contributed by atoms with Gasteiger partial charge in [0.1, 0.15) is 22.8 Å². The Bertz CT molecular complexity index is 1360. The fourth-order valence-corrected chi connectivity index (χ4v) is 4.24. The first-order valence-electron chi connectivity index (χ1n) is 8.19. The summed E-state index contributed by atoms with van der Waals surface area (Å²) in [6.45, 7) is 0. The first-order valence-corrected chi connectivity index (χ1v) is 10.8. The zero-order valence-corrected chi connectivity index (χ0v) is 17.8. The number of halogens is 2. The fraction of sp³-hybridized carbons (Fsp3) is 0.167. The Morgan fingerprint density at radius 2 is 1.66 bits per heavy atom. The molecule has 0 N–H and O–H groups in total. The van der Waals surface area contributed by atoms with Gasteiger partial charge in [-0.05, 0) is 6.07 Å². The van der Waals surface area contributed by atoms with Crippen LogP contribution in [0.5, 0.6) is 11.5 Å². The molecule has 0 radical (unpaired) electrons. The van der Waals surface area contributed by atoms with Crippen LogP contribution >= 0.6 is 23.2 Å². The van der Waals surface area contributed by atoms with Crippen LogP contribution in [0, 0.1) is 0 Å². The second-order valence-electron chi connectivity index (χ2n) is 6.17. The van der Waals surface area contributed by atoms with Crippen LogP contribution in [0.2, 0.25) is 10.0 Å². The largest absolute Gasteiger partial charge is 0.495 e. The molecule has 3 heterocycles. The lowest BCUT2D eigenvalue weighted by molar-refractivity contribution is 0.395. The number of fused-ring (bicyclic) bond motifs is 3. The monoisotopic (exact) mass is 452 g/mol. The van der Waals surface area contributed by atoms with Crippen molar-refractivity contribution in [1.29, 1.82) is 0 Å². The van der Waals surface area contributed by atoms with Crippen LogP contribution in [-0.2, 0) is 9.84 Å². The third-order valence-corrected chi connectivity index (χ3v) is 5.97. The first kappa shape index (κ1) is 19.7. The number of imidazole rings is 1. The van der Waals surface area contributed by atoms with Crippen molar-refractivity contribution in [3.63, 3.8) is 0 Å². The summed E-state index contributed by atoms with van der Waals surface area (Å²) in [7, 11) is -0.590. The zero-order chi connectivity index (χ0) is 20.9. The maximum atomic E-state index is 11.9. The van der Waals surface area contributed by atoms with Crippen molar-refractivity contribution in [2.45, 2.75) is 5.16 Å². The number of hydrogen-bond acceptors (Lipinski definition) is 7. The van der Waals surface area contributed by atoms with E-state index in [0.29, 0.717) is 39.3 Å². The summed E-state index contributed by atoms with van der Waals surface area (Å²) in [4.78, 5) is 12.6. The molecule has 0 bridgehead atoms. The Morgan fingerprint density at radius 3 is 2.24 bits per heavy atom. The highest BCUT2D eigenvalue weighted by Crippen LogP contribution is 2.47. The van der Waals surface area contributed by atoms with Crippen molar-refractivity contribution in [2.24, 2.45) is 0 Å². The number of ether oxygens (including phenoxy) is 2. The Hall–Kier alpha value is -2.62. The lowest BCUT2D eigenvalue weighted by Gasteiger charge is -2.16. The summed E-state index contributed by atoms with van der Waals surface area (Å²) in [6.07, 6.45) is 5.72. The van der Waals surface area contributed by atoms with Crippen molar-refractivity contribution in [1.82, 2.24) is 19.4 Å². The van der Waals surface area contributed by atoms with Crippen LogP contribution in [0.1, 0.15) is 0 Å². The molecule has 0 spiro atoms. The fourth-order valence-electron chi connectivity index (χ4n) is 3.04. The molecule has 0 saturated carbocycles. The minimum atomic E-state index is -3.57. The molecule has 0 amide bonds. The topological polar surface area (TPSA) is 95.7 Å². The maximum Gasteiger partial charge on any atom is 0.248 e. The predicted molar refractivity (Wildman–Crippen MR) is 110 cm³/mol. The molecule has 4 rings (SSSR count). The van der Waals surface area contributed by atoms with Crippen LogP contribution < -0.4 is 9.47 Å². The maximum absolute atomic E-state index is 11.9. The van der Waals surface area contributed by atoms with Crippen molar-refractivity contribution in [2.75, 3.05) is 20.5 Å². The minimum absolute atomic E-state index is 0.271. The molecular weight excluding hydrogens is 439 g/mol. The number of nitrogens with zero attached hydrogens (tertiary/aromatic N) is 4. The molecule has 0 atom stereocenters. The number of benzene rings is 1. The average molecular weight is 453 g/mol. The molecule has 4 aromatic rings. The van der Waals surface area contributed by atoms with E-state index in [1.165, 1.54) is 20.4 Å². The summed E-state index contributed by atoms with van der Waals surface area (Å²) in [5.74, 6) is 0.771. The Labute approximate surface area is 176 Å². The van der Waals surface area contributed by atoms with Crippen LogP contribution in [0.25, 0.3) is 27.8 Å². The second-order valence-corrected chi connectivity index (χ2v) is 8.83. The number of methoxy groups -OCH3 is 2. The Morgan fingerprint density at radius 1 is 1.00 bits per heavy atom. The molecule has 150 valence electrons. The van der Waals surface area contributed by atoms with Gasteiger partial charge in [0.2, 0.25) is 15.0 Å². The highest BCUT2D eigenvalue weighted by Gasteiger charge is 2.23. The van der Waals surface area contributed by atoms with Crippen molar-refractivity contribution < 1.29 is 17.9 Å². The van der Waals surface area contributed by atoms with E-state index >= 15 is 0 Å². The van der Waals surface area contributed by atoms with Gasteiger partial charge >= 0.3 is 0 Å². The van der Waals surface area contributed by atoms with Gasteiger partial charge in [-0.1, -0.05) is 23.2 Å². The highest BCUT2D eigenvalue weighted by atomic mass is 35.5. The van der Waals surface area contributed by atoms with Gasteiger partial charge in [0.25, 0.3) is 0 Å². The van der Waals surface area contributed by atoms with Gasteiger partial charge in [0.05, 0.1) is 24.3 Å². The molecule has 11 heteroatoms. The molecule has 0 aliphatic rings. The Kier molecular flexibility index (Phi) is 4.76. The summed E-state index contributed by atoms with van der Waals surface area (Å²) >= 11 is 13.1. The lowest BCUT2D eigenvalue weighted by Crippen LogP contribution is -2.06. The normalized spacial score (nSPS) is 11.9. The molecule has 0 aliphatic carbocycles. The molecule has 0 fully saturated rings. The number of aromatic nitrogens is 4. The van der Waals surface area contributed by atoms with Gasteiger partial charge in [-0.25, -0.2) is 18.4 Å². The molecular formula is C18H14Cl2N4O4S. The molecule has 29 heavy (non-hydrogen) atoms. The number of sulfone groups is 1. The standard InChI is InChI=1S/C18H14Cl2N4O4S/c1-27-11-7-12(28-2)15(20)13(14(11)19)10-6-9-8-22-18(29(3,25)26)23-16(9)24-5-4-21-17(10)24/h4-8H,1-3H3. The second kappa shape index (κ2) is 7.01. The van der Waals surface area contributed by atoms with Gasteiger partial charge in [0, 0.05) is 47.4 Å². The van der Waals surface area contributed by atoms with E-state index in [2.05, 4.69) is 15.0 Å². The van der Waals surface area contributed by atoms with E-state index < -0.39 is 9.84 Å². The quantitative estimate of drug-likeness (QED) is 0.435. The summed E-state index contributed by atoms with van der Waals surface area (Å²) < 4.78 is 36.1. The molecule has 0 saturated heterocycles. The minimum Gasteiger partial charge on any atom is -0.495 e. The van der Waals surface area contributed by atoms with Gasteiger partial charge < -0.3 is 9.47 Å². The average Bonchev–Trinajstić information content (AvgIpc) is 3.17. The summed E-state index contributed by atoms with van der Waals surface area (Å²) in [6, 6.07) is 3.34. The molecule has 0 unspecified atom stereocenters. The third-order valence-electron chi connectivity index (χ3n) is 4.36. The van der Waals surface area contributed by atoms with E-state index in [-0.39, 0.29) is 15.2 Å². The van der Waals surface area contributed by atoms with Crippen molar-refractivity contribution in [3.05, 3.63) is 40.8 Å². The Balaban J connectivity index is 2.12. The van der Waals surface area contributed by atoms with Gasteiger partial charge in [0.15, 0.2) is 0 Å². The van der Waals surface area contributed by atoms with Gasteiger partial charge in [-0.3, -0.25) is 4.40 Å². The highest BCUT2D eigenvalue weighted by molar-refractivity contribution is 7.90. The lowest BCUT2D eigenvalue weighted by atomic mass is 10.0. The molecule has 0 aliphatic heterocycles. The van der Waals surface area contributed by atoms with E-state index in [9.17, 15) is 8.42 Å². The molecule has 8 nitrogen and oxygen atoms in total. The van der Waals surface area contributed by atoms with Crippen molar-refractivity contribution in [3.8, 4) is 22.6 Å². The number of rotatable bonds is 4. The van der Waals surface area contributed by atoms with E-state index in [1.807, 2.05) is 0 Å². The molecule has 3 aromatic heterocycles. The zero-order valence-electron chi connectivity index (χ0n) is 15.5. The number of hydrogen-bond donors (Lipinski definition) is 0. The van der Waals surface area contributed by atoms with Crippen LogP contribution in [-0.4, -0.2) is 48.2 Å². The van der Waals surface area contributed by atoms with Crippen LogP contribution in [0.3, 0.4) is 0 Å². The van der Waals surface area contributed by atoms with E-state index in [1.54, 1.807) is 28.9 Å². The predicted octanol–water partition coefficient (Wildman–Crippen LogP) is 3.67. The summed E-state index contributed by atoms with van der Waals surface area (Å²) in [5.41, 5.74) is 1.92. The van der Waals surface area contributed by atoms with E-state index in [0.717, 1.165) is 6.26 Å². The molecule has 1 aromatic carbocycles. The van der Waals surface area contributed by atoms with Crippen LogP contribution in [0.15, 0.2) is 35.9 Å². The smallest absolute Gasteiger partial charge is 0.248 e. The summed E-state index contributed by atoms with van der Waals surface area (Å²) in [5, 5.41) is 0.881. The van der Waals surface area contributed by atoms with E-state index in [4.69, 9.17) is 32.7 Å². The SMILES string of the molecule is COc1cc(OC)c(Cl)c(-c2cc3cnc(S(C)(=O)=O)nc3n3ccnc23)c1Cl. The van der Waals surface area contributed by atoms with Crippen molar-refractivity contribution >= 4 is 49.7 Å². The number of pyridine rings is 1.